The number of rotatable bonds is 2. The van der Waals surface area contributed by atoms with E-state index in [-0.39, 0.29) is 11.4 Å². The molecular formula is C12H14ClF3N2. The maximum absolute atomic E-state index is 12.4. The van der Waals surface area contributed by atoms with Crippen LogP contribution < -0.4 is 5.32 Å². The molecule has 1 aliphatic rings. The Hall–Kier alpha value is -0.970. The average Bonchev–Trinajstić information content (AvgIpc) is 2.32. The lowest BCUT2D eigenvalue weighted by atomic mass is 9.95. The van der Waals surface area contributed by atoms with Crippen molar-refractivity contribution in [2.24, 2.45) is 0 Å². The van der Waals surface area contributed by atoms with Crippen molar-refractivity contribution >= 4 is 17.4 Å². The second kappa shape index (κ2) is 5.34. The van der Waals surface area contributed by atoms with E-state index in [4.69, 9.17) is 11.6 Å². The number of hydrogen-bond donors (Lipinski definition) is 1. The van der Waals surface area contributed by atoms with E-state index in [9.17, 15) is 13.2 Å². The van der Waals surface area contributed by atoms with Crippen LogP contribution in [0.2, 0.25) is 0 Å². The molecule has 100 valence electrons. The van der Waals surface area contributed by atoms with E-state index in [1.807, 2.05) is 0 Å². The number of pyridine rings is 1. The van der Waals surface area contributed by atoms with Gasteiger partial charge in [0.15, 0.2) is 0 Å². The van der Waals surface area contributed by atoms with Crippen molar-refractivity contribution < 1.29 is 13.2 Å². The van der Waals surface area contributed by atoms with Gasteiger partial charge in [-0.2, -0.15) is 13.2 Å². The van der Waals surface area contributed by atoms with E-state index in [1.165, 1.54) is 6.07 Å². The Labute approximate surface area is 109 Å². The van der Waals surface area contributed by atoms with Crippen LogP contribution in [0.5, 0.6) is 0 Å². The lowest BCUT2D eigenvalue weighted by Crippen LogP contribution is -2.33. The first-order valence-corrected chi connectivity index (χ1v) is 6.34. The van der Waals surface area contributed by atoms with Gasteiger partial charge in [-0.25, -0.2) is 4.98 Å². The van der Waals surface area contributed by atoms with E-state index in [1.54, 1.807) is 0 Å². The summed E-state index contributed by atoms with van der Waals surface area (Å²) in [6, 6.07) is 2.47. The van der Waals surface area contributed by atoms with Gasteiger partial charge in [-0.3, -0.25) is 0 Å². The van der Waals surface area contributed by atoms with Crippen LogP contribution in [0.4, 0.5) is 19.0 Å². The monoisotopic (exact) mass is 278 g/mol. The van der Waals surface area contributed by atoms with Crippen molar-refractivity contribution in [3.63, 3.8) is 0 Å². The van der Waals surface area contributed by atoms with Gasteiger partial charge in [-0.15, -0.1) is 11.6 Å². The summed E-state index contributed by atoms with van der Waals surface area (Å²) in [6.45, 7) is 0. The summed E-state index contributed by atoms with van der Waals surface area (Å²) in [5.41, 5.74) is -0.737. The van der Waals surface area contributed by atoms with Gasteiger partial charge in [-0.1, -0.05) is 12.8 Å². The number of anilines is 1. The molecule has 0 saturated heterocycles. The van der Waals surface area contributed by atoms with Crippen molar-refractivity contribution in [1.82, 2.24) is 4.98 Å². The van der Waals surface area contributed by atoms with E-state index in [2.05, 4.69) is 10.3 Å². The van der Waals surface area contributed by atoms with Crippen LogP contribution in [0.25, 0.3) is 0 Å². The molecule has 1 aromatic heterocycles. The van der Waals surface area contributed by atoms with Gasteiger partial charge in [-0.05, 0) is 25.0 Å². The molecule has 0 spiro atoms. The van der Waals surface area contributed by atoms with Gasteiger partial charge in [0.1, 0.15) is 5.82 Å². The molecule has 0 amide bonds. The third-order valence-electron chi connectivity index (χ3n) is 3.11. The Balaban J connectivity index is 2.02. The second-order valence-electron chi connectivity index (χ2n) is 4.48. The van der Waals surface area contributed by atoms with Gasteiger partial charge in [0, 0.05) is 12.2 Å². The van der Waals surface area contributed by atoms with Crippen LogP contribution in [0.1, 0.15) is 31.2 Å². The molecule has 0 aromatic carbocycles. The van der Waals surface area contributed by atoms with Crippen LogP contribution in [0, 0.1) is 0 Å². The van der Waals surface area contributed by atoms with Crippen LogP contribution in [-0.4, -0.2) is 16.4 Å². The lowest BCUT2D eigenvalue weighted by molar-refractivity contribution is -0.137. The molecule has 1 aromatic rings. The number of alkyl halides is 4. The number of hydrogen-bond acceptors (Lipinski definition) is 2. The number of aromatic nitrogens is 1. The molecule has 1 aliphatic carbocycles. The van der Waals surface area contributed by atoms with Gasteiger partial charge < -0.3 is 5.32 Å². The SMILES string of the molecule is FC(F)(F)c1ccc(NC2CCCCC2Cl)nc1. The molecule has 0 aliphatic heterocycles. The Morgan fingerprint density at radius 1 is 1.22 bits per heavy atom. The van der Waals surface area contributed by atoms with E-state index < -0.39 is 11.7 Å². The minimum Gasteiger partial charge on any atom is -0.366 e. The molecule has 2 unspecified atom stereocenters. The predicted molar refractivity (Wildman–Crippen MR) is 64.8 cm³/mol. The van der Waals surface area contributed by atoms with E-state index in [0.29, 0.717) is 5.82 Å². The molecule has 1 heterocycles. The minimum absolute atomic E-state index is 0.0165. The molecular weight excluding hydrogens is 265 g/mol. The normalized spacial score (nSPS) is 24.9. The molecule has 0 bridgehead atoms. The van der Waals surface area contributed by atoms with Crippen molar-refractivity contribution in [3.05, 3.63) is 23.9 Å². The molecule has 1 saturated carbocycles. The summed E-state index contributed by atoms with van der Waals surface area (Å²) < 4.78 is 37.1. The largest absolute Gasteiger partial charge is 0.417 e. The summed E-state index contributed by atoms with van der Waals surface area (Å²) in [6.07, 6.45) is 0.546. The smallest absolute Gasteiger partial charge is 0.366 e. The Kier molecular flexibility index (Phi) is 4.00. The van der Waals surface area contributed by atoms with Gasteiger partial charge >= 0.3 is 6.18 Å². The van der Waals surface area contributed by atoms with Crippen molar-refractivity contribution in [2.75, 3.05) is 5.32 Å². The highest BCUT2D eigenvalue weighted by molar-refractivity contribution is 6.21. The number of halogens is 4. The fourth-order valence-corrected chi connectivity index (χ4v) is 2.43. The van der Waals surface area contributed by atoms with Gasteiger partial charge in [0.05, 0.1) is 10.9 Å². The summed E-state index contributed by atoms with van der Waals surface area (Å²) >= 11 is 6.17. The fourth-order valence-electron chi connectivity index (χ4n) is 2.09. The van der Waals surface area contributed by atoms with Crippen LogP contribution in [-0.2, 0) is 6.18 Å². The van der Waals surface area contributed by atoms with Crippen molar-refractivity contribution in [2.45, 2.75) is 43.3 Å². The summed E-state index contributed by atoms with van der Waals surface area (Å²) in [5.74, 6) is 0.445. The molecule has 1 fully saturated rings. The topological polar surface area (TPSA) is 24.9 Å². The molecule has 2 atom stereocenters. The maximum Gasteiger partial charge on any atom is 0.417 e. The molecule has 2 nitrogen and oxygen atoms in total. The van der Waals surface area contributed by atoms with Crippen LogP contribution in [0.3, 0.4) is 0 Å². The van der Waals surface area contributed by atoms with Crippen molar-refractivity contribution in [3.8, 4) is 0 Å². The summed E-state index contributed by atoms with van der Waals surface area (Å²) in [5, 5.41) is 3.12. The number of nitrogens with zero attached hydrogens (tertiary/aromatic N) is 1. The van der Waals surface area contributed by atoms with E-state index in [0.717, 1.165) is 37.9 Å². The van der Waals surface area contributed by atoms with Crippen LogP contribution >= 0.6 is 11.6 Å². The van der Waals surface area contributed by atoms with Crippen LogP contribution in [0.15, 0.2) is 18.3 Å². The molecule has 18 heavy (non-hydrogen) atoms. The zero-order valence-corrected chi connectivity index (χ0v) is 10.4. The Morgan fingerprint density at radius 3 is 2.50 bits per heavy atom. The highest BCUT2D eigenvalue weighted by Gasteiger charge is 2.31. The first-order chi connectivity index (χ1) is 8.47. The van der Waals surface area contributed by atoms with Crippen molar-refractivity contribution in [1.29, 1.82) is 0 Å². The highest BCUT2D eigenvalue weighted by atomic mass is 35.5. The van der Waals surface area contributed by atoms with Gasteiger partial charge in [0.25, 0.3) is 0 Å². The zero-order valence-electron chi connectivity index (χ0n) is 9.67. The fraction of sp³-hybridized carbons (Fsp3) is 0.583. The lowest BCUT2D eigenvalue weighted by Gasteiger charge is -2.28. The van der Waals surface area contributed by atoms with E-state index >= 15 is 0 Å². The highest BCUT2D eigenvalue weighted by Crippen LogP contribution is 2.30. The minimum atomic E-state index is -4.34. The maximum atomic E-state index is 12.4. The zero-order chi connectivity index (χ0) is 13.2. The number of nitrogens with one attached hydrogen (secondary N) is 1. The Morgan fingerprint density at radius 2 is 1.94 bits per heavy atom. The molecule has 1 N–H and O–H groups in total. The Bertz CT molecular complexity index is 391. The first-order valence-electron chi connectivity index (χ1n) is 5.90. The summed E-state index contributed by atoms with van der Waals surface area (Å²) in [4.78, 5) is 3.78. The quantitative estimate of drug-likeness (QED) is 0.825. The average molecular weight is 279 g/mol. The van der Waals surface area contributed by atoms with Gasteiger partial charge in [0.2, 0.25) is 0 Å². The predicted octanol–water partition coefficient (Wildman–Crippen LogP) is 4.06. The molecule has 2 rings (SSSR count). The third-order valence-corrected chi connectivity index (χ3v) is 3.63. The molecule has 0 radical (unpaired) electrons. The third kappa shape index (κ3) is 3.28. The second-order valence-corrected chi connectivity index (χ2v) is 5.04. The first kappa shape index (κ1) is 13.5. The summed E-state index contributed by atoms with van der Waals surface area (Å²) in [7, 11) is 0. The standard InChI is InChI=1S/C12H14ClF3N2/c13-9-3-1-2-4-10(9)18-11-6-5-8(7-17-11)12(14,15)16/h5-7,9-10H,1-4H2,(H,17,18). The molecule has 6 heteroatoms.